The Morgan fingerprint density at radius 2 is 2.00 bits per heavy atom. The lowest BCUT2D eigenvalue weighted by Crippen LogP contribution is -2.22. The molecule has 0 aliphatic carbocycles. The van der Waals surface area contributed by atoms with Crippen molar-refractivity contribution in [1.82, 2.24) is 0 Å². The molecule has 0 bridgehead atoms. The van der Waals surface area contributed by atoms with Crippen LogP contribution >= 0.6 is 15.9 Å². The van der Waals surface area contributed by atoms with Crippen molar-refractivity contribution in [3.63, 3.8) is 0 Å². The molecule has 0 aromatic heterocycles. The Kier molecular flexibility index (Phi) is 4.90. The highest BCUT2D eigenvalue weighted by molar-refractivity contribution is 9.09. The van der Waals surface area contributed by atoms with Gasteiger partial charge in [-0.05, 0) is 42.0 Å². The van der Waals surface area contributed by atoms with Crippen LogP contribution in [-0.4, -0.2) is 5.33 Å². The minimum atomic E-state index is -0.371. The maximum Gasteiger partial charge on any atom is 0.126 e. The zero-order chi connectivity index (χ0) is 12.2. The van der Waals surface area contributed by atoms with Gasteiger partial charge in [0.05, 0.1) is 0 Å². The fourth-order valence-corrected chi connectivity index (χ4v) is 2.42. The van der Waals surface area contributed by atoms with Gasteiger partial charge in [0.15, 0.2) is 0 Å². The van der Waals surface area contributed by atoms with Gasteiger partial charge in [-0.25, -0.2) is 8.78 Å². The third-order valence-corrected chi connectivity index (χ3v) is 4.15. The first-order chi connectivity index (χ1) is 7.50. The summed E-state index contributed by atoms with van der Waals surface area (Å²) in [6, 6.07) is 3.65. The summed E-state index contributed by atoms with van der Waals surface area (Å²) in [5.74, 6) is -0.686. The molecule has 0 radical (unpaired) electrons. The summed E-state index contributed by atoms with van der Waals surface area (Å²) >= 11 is 3.46. The van der Waals surface area contributed by atoms with Crippen LogP contribution in [0.25, 0.3) is 0 Å². The molecule has 0 aliphatic heterocycles. The summed E-state index contributed by atoms with van der Waals surface area (Å²) in [4.78, 5) is 0. The first-order valence-electron chi connectivity index (χ1n) is 5.50. The molecule has 0 saturated heterocycles. The summed E-state index contributed by atoms with van der Waals surface area (Å²) in [6.07, 6.45) is 2.60. The Morgan fingerprint density at radius 1 is 1.31 bits per heavy atom. The fraction of sp³-hybridized carbons (Fsp3) is 0.538. The average Bonchev–Trinajstić information content (AvgIpc) is 2.24. The van der Waals surface area contributed by atoms with Crippen molar-refractivity contribution in [3.05, 3.63) is 35.4 Å². The van der Waals surface area contributed by atoms with E-state index in [0.717, 1.165) is 24.2 Å². The van der Waals surface area contributed by atoms with Crippen molar-refractivity contribution in [2.75, 3.05) is 5.33 Å². The molecule has 0 heterocycles. The zero-order valence-corrected chi connectivity index (χ0v) is 11.3. The highest BCUT2D eigenvalue weighted by atomic mass is 79.9. The predicted molar refractivity (Wildman–Crippen MR) is 66.9 cm³/mol. The van der Waals surface area contributed by atoms with Crippen LogP contribution in [0, 0.1) is 17.0 Å². The Labute approximate surface area is 104 Å². The van der Waals surface area contributed by atoms with Gasteiger partial charge in [-0.1, -0.05) is 36.2 Å². The Bertz CT molecular complexity index is 352. The quantitative estimate of drug-likeness (QED) is 0.689. The molecule has 1 unspecified atom stereocenters. The van der Waals surface area contributed by atoms with E-state index in [9.17, 15) is 8.78 Å². The van der Waals surface area contributed by atoms with Crippen molar-refractivity contribution < 1.29 is 8.78 Å². The van der Waals surface area contributed by atoms with Gasteiger partial charge < -0.3 is 0 Å². The molecule has 0 aliphatic rings. The number of hydrogen-bond donors (Lipinski definition) is 0. The summed E-state index contributed by atoms with van der Waals surface area (Å²) in [7, 11) is 0. The highest BCUT2D eigenvalue weighted by Gasteiger charge is 2.24. The van der Waals surface area contributed by atoms with Crippen molar-refractivity contribution >= 4 is 15.9 Å². The zero-order valence-electron chi connectivity index (χ0n) is 9.69. The van der Waals surface area contributed by atoms with Crippen LogP contribution in [0.5, 0.6) is 0 Å². The van der Waals surface area contributed by atoms with Crippen LogP contribution < -0.4 is 0 Å². The van der Waals surface area contributed by atoms with Crippen LogP contribution in [0.3, 0.4) is 0 Å². The van der Waals surface area contributed by atoms with Gasteiger partial charge in [-0.2, -0.15) is 0 Å². The Morgan fingerprint density at radius 3 is 2.56 bits per heavy atom. The molecular weight excluding hydrogens is 274 g/mol. The molecule has 3 heteroatoms. The predicted octanol–water partition coefficient (Wildman–Crippen LogP) is 4.71. The second-order valence-electron chi connectivity index (χ2n) is 4.61. The van der Waals surface area contributed by atoms with Crippen molar-refractivity contribution in [3.8, 4) is 0 Å². The van der Waals surface area contributed by atoms with E-state index < -0.39 is 0 Å². The maximum absolute atomic E-state index is 13.5. The molecule has 0 amide bonds. The minimum absolute atomic E-state index is 0.0105. The molecule has 1 aromatic carbocycles. The molecule has 16 heavy (non-hydrogen) atoms. The Hall–Kier alpha value is -0.440. The lowest BCUT2D eigenvalue weighted by Gasteiger charge is -2.27. The largest absolute Gasteiger partial charge is 0.207 e. The van der Waals surface area contributed by atoms with Crippen molar-refractivity contribution in [2.24, 2.45) is 5.41 Å². The Balaban J connectivity index is 2.89. The third kappa shape index (κ3) is 3.55. The molecule has 0 N–H and O–H groups in total. The van der Waals surface area contributed by atoms with Crippen molar-refractivity contribution in [1.29, 1.82) is 0 Å². The topological polar surface area (TPSA) is 0 Å². The number of alkyl halides is 1. The van der Waals surface area contributed by atoms with E-state index in [1.54, 1.807) is 0 Å². The molecule has 0 spiro atoms. The monoisotopic (exact) mass is 290 g/mol. The molecule has 1 atom stereocenters. The number of hydrogen-bond acceptors (Lipinski definition) is 0. The van der Waals surface area contributed by atoms with Gasteiger partial charge in [-0.3, -0.25) is 0 Å². The van der Waals surface area contributed by atoms with Gasteiger partial charge in [-0.15, -0.1) is 0 Å². The first kappa shape index (κ1) is 13.6. The highest BCUT2D eigenvalue weighted by Crippen LogP contribution is 2.31. The van der Waals surface area contributed by atoms with E-state index in [1.807, 2.05) is 0 Å². The molecule has 90 valence electrons. The molecule has 1 rings (SSSR count). The SMILES string of the molecule is CCCC(C)(CBr)Cc1cc(F)ccc1F. The maximum atomic E-state index is 13.5. The van der Waals surface area contributed by atoms with Crippen LogP contribution in [0.2, 0.25) is 0 Å². The van der Waals surface area contributed by atoms with E-state index in [2.05, 4.69) is 29.8 Å². The first-order valence-corrected chi connectivity index (χ1v) is 6.63. The van der Waals surface area contributed by atoms with Crippen LogP contribution in [0.15, 0.2) is 18.2 Å². The van der Waals surface area contributed by atoms with Crippen LogP contribution in [0.4, 0.5) is 8.78 Å². The number of halogens is 3. The molecule has 0 nitrogen and oxygen atoms in total. The van der Waals surface area contributed by atoms with Gasteiger partial charge in [0.25, 0.3) is 0 Å². The van der Waals surface area contributed by atoms with E-state index in [0.29, 0.717) is 12.0 Å². The average molecular weight is 291 g/mol. The lowest BCUT2D eigenvalue weighted by atomic mass is 9.81. The van der Waals surface area contributed by atoms with Crippen LogP contribution in [-0.2, 0) is 6.42 Å². The fourth-order valence-electron chi connectivity index (χ4n) is 1.94. The third-order valence-electron chi connectivity index (χ3n) is 2.80. The standard InChI is InChI=1S/C13H17BrF2/c1-3-6-13(2,9-14)8-10-7-11(15)4-5-12(10)16/h4-5,7H,3,6,8-9H2,1-2H3. The molecule has 0 fully saturated rings. The second-order valence-corrected chi connectivity index (χ2v) is 5.17. The molecule has 0 saturated carbocycles. The van der Waals surface area contributed by atoms with E-state index in [1.165, 1.54) is 12.1 Å². The van der Waals surface area contributed by atoms with E-state index in [-0.39, 0.29) is 17.0 Å². The second kappa shape index (κ2) is 5.76. The number of benzene rings is 1. The van der Waals surface area contributed by atoms with E-state index in [4.69, 9.17) is 0 Å². The van der Waals surface area contributed by atoms with Gasteiger partial charge >= 0.3 is 0 Å². The molecular formula is C13H17BrF2. The minimum Gasteiger partial charge on any atom is -0.207 e. The summed E-state index contributed by atoms with van der Waals surface area (Å²) in [5, 5.41) is 0.795. The van der Waals surface area contributed by atoms with E-state index >= 15 is 0 Å². The number of rotatable bonds is 5. The summed E-state index contributed by atoms with van der Waals surface area (Å²) < 4.78 is 26.5. The van der Waals surface area contributed by atoms with Crippen molar-refractivity contribution in [2.45, 2.75) is 33.1 Å². The van der Waals surface area contributed by atoms with Gasteiger partial charge in [0.1, 0.15) is 11.6 Å². The lowest BCUT2D eigenvalue weighted by molar-refractivity contribution is 0.334. The smallest absolute Gasteiger partial charge is 0.126 e. The molecule has 1 aromatic rings. The normalized spacial score (nSPS) is 14.8. The summed E-state index contributed by atoms with van der Waals surface area (Å²) in [5.41, 5.74) is 0.457. The van der Waals surface area contributed by atoms with Crippen LogP contribution in [0.1, 0.15) is 32.3 Å². The van der Waals surface area contributed by atoms with Gasteiger partial charge in [0, 0.05) is 5.33 Å². The van der Waals surface area contributed by atoms with Gasteiger partial charge in [0.2, 0.25) is 0 Å². The summed E-state index contributed by atoms with van der Waals surface area (Å²) in [6.45, 7) is 4.19.